The lowest BCUT2D eigenvalue weighted by atomic mass is 9.77. The van der Waals surface area contributed by atoms with E-state index in [2.05, 4.69) is 0 Å². The molecule has 4 rings (SSSR count). The van der Waals surface area contributed by atoms with Gasteiger partial charge in [-0.05, 0) is 66.4 Å². The molecule has 0 radical (unpaired) electrons. The van der Waals surface area contributed by atoms with E-state index in [-0.39, 0.29) is 28.4 Å². The minimum atomic E-state index is -0.433. The second-order valence-electron chi connectivity index (χ2n) is 7.48. The number of hydrazone groups is 1. The number of non-ortho nitro benzene ring substituents is 2. The quantitative estimate of drug-likeness (QED) is 0.428. The van der Waals surface area contributed by atoms with Crippen molar-refractivity contribution in [2.45, 2.75) is 25.3 Å². The maximum Gasteiger partial charge on any atom is 0.269 e. The van der Waals surface area contributed by atoms with E-state index < -0.39 is 9.85 Å². The Morgan fingerprint density at radius 2 is 1.65 bits per heavy atom. The molecule has 2 atom stereocenters. The van der Waals surface area contributed by atoms with Crippen LogP contribution in [0.25, 0.3) is 6.08 Å². The van der Waals surface area contributed by atoms with Crippen molar-refractivity contribution in [2.24, 2.45) is 16.8 Å². The molecule has 1 aliphatic heterocycles. The SMILES string of the molecule is NC(=S)N1N=C2/C(=C/c3ccc([N+](=O)[O-])cc3)CCC[C@H]2[C@@H]1c1ccc([N+](=O)[O-])cc1. The summed E-state index contributed by atoms with van der Waals surface area (Å²) in [4.78, 5) is 21.0. The Balaban J connectivity index is 1.68. The van der Waals surface area contributed by atoms with Crippen LogP contribution in [-0.4, -0.2) is 25.7 Å². The number of hydrogen-bond acceptors (Lipinski definition) is 6. The summed E-state index contributed by atoms with van der Waals surface area (Å²) in [6.45, 7) is 0. The molecule has 1 heterocycles. The first-order chi connectivity index (χ1) is 14.8. The van der Waals surface area contributed by atoms with Crippen molar-refractivity contribution in [3.05, 3.63) is 85.5 Å². The van der Waals surface area contributed by atoms with Gasteiger partial charge in [-0.15, -0.1) is 0 Å². The van der Waals surface area contributed by atoms with Crippen molar-refractivity contribution >= 4 is 40.5 Å². The van der Waals surface area contributed by atoms with Crippen molar-refractivity contribution in [3.8, 4) is 0 Å². The van der Waals surface area contributed by atoms with Crippen molar-refractivity contribution < 1.29 is 9.85 Å². The number of fused-ring (bicyclic) bond motifs is 1. The number of nitrogens with zero attached hydrogens (tertiary/aromatic N) is 4. The largest absolute Gasteiger partial charge is 0.375 e. The number of allylic oxidation sites excluding steroid dienone is 1. The second-order valence-corrected chi connectivity index (χ2v) is 7.90. The van der Waals surface area contributed by atoms with Gasteiger partial charge in [0.15, 0.2) is 5.11 Å². The van der Waals surface area contributed by atoms with Gasteiger partial charge in [0.05, 0.1) is 21.6 Å². The summed E-state index contributed by atoms with van der Waals surface area (Å²) in [5.41, 5.74) is 9.66. The van der Waals surface area contributed by atoms with Gasteiger partial charge in [-0.3, -0.25) is 20.2 Å². The van der Waals surface area contributed by atoms with Crippen LogP contribution in [0.2, 0.25) is 0 Å². The summed E-state index contributed by atoms with van der Waals surface area (Å²) in [6, 6.07) is 12.5. The Morgan fingerprint density at radius 1 is 1.06 bits per heavy atom. The highest BCUT2D eigenvalue weighted by atomic mass is 32.1. The van der Waals surface area contributed by atoms with Crippen molar-refractivity contribution in [1.29, 1.82) is 0 Å². The van der Waals surface area contributed by atoms with E-state index in [1.165, 1.54) is 24.3 Å². The monoisotopic (exact) mass is 437 g/mol. The molecular weight excluding hydrogens is 418 g/mol. The van der Waals surface area contributed by atoms with Crippen LogP contribution in [0.1, 0.15) is 36.4 Å². The molecule has 2 N–H and O–H groups in total. The van der Waals surface area contributed by atoms with E-state index in [0.29, 0.717) is 0 Å². The minimum absolute atomic E-state index is 0.0205. The van der Waals surface area contributed by atoms with Gasteiger partial charge in [-0.25, -0.2) is 5.01 Å². The first-order valence-corrected chi connectivity index (χ1v) is 10.1. The Hall–Kier alpha value is -3.66. The molecule has 1 fully saturated rings. The molecule has 158 valence electrons. The Labute approximate surface area is 183 Å². The fourth-order valence-corrected chi connectivity index (χ4v) is 4.36. The van der Waals surface area contributed by atoms with Crippen LogP contribution >= 0.6 is 12.2 Å². The molecule has 2 aromatic rings. The summed E-state index contributed by atoms with van der Waals surface area (Å²) in [5, 5.41) is 28.4. The third-order valence-electron chi connectivity index (χ3n) is 5.62. The Morgan fingerprint density at radius 3 is 2.19 bits per heavy atom. The molecule has 0 saturated heterocycles. The molecule has 0 aromatic heterocycles. The molecule has 9 nitrogen and oxygen atoms in total. The Bertz CT molecular complexity index is 1110. The zero-order valence-corrected chi connectivity index (χ0v) is 17.2. The number of hydrogen-bond donors (Lipinski definition) is 1. The molecule has 2 aromatic carbocycles. The summed E-state index contributed by atoms with van der Waals surface area (Å²) in [6.07, 6.45) is 4.64. The number of rotatable bonds is 4. The zero-order valence-electron chi connectivity index (χ0n) is 16.4. The average Bonchev–Trinajstić information content (AvgIpc) is 3.15. The van der Waals surface area contributed by atoms with E-state index in [0.717, 1.165) is 41.7 Å². The summed E-state index contributed by atoms with van der Waals surface area (Å²) >= 11 is 5.23. The molecule has 10 heteroatoms. The van der Waals surface area contributed by atoms with Gasteiger partial charge < -0.3 is 5.73 Å². The van der Waals surface area contributed by atoms with Gasteiger partial charge in [-0.2, -0.15) is 5.10 Å². The van der Waals surface area contributed by atoms with Crippen molar-refractivity contribution in [2.75, 3.05) is 0 Å². The highest BCUT2D eigenvalue weighted by Crippen LogP contribution is 2.44. The van der Waals surface area contributed by atoms with Crippen LogP contribution in [0, 0.1) is 26.1 Å². The lowest BCUT2D eigenvalue weighted by Gasteiger charge is -2.29. The number of thiocarbonyl (C=S) groups is 1. The fraction of sp³-hybridized carbons (Fsp3) is 0.238. The van der Waals surface area contributed by atoms with Crippen molar-refractivity contribution in [3.63, 3.8) is 0 Å². The van der Waals surface area contributed by atoms with Gasteiger partial charge in [0.25, 0.3) is 11.4 Å². The van der Waals surface area contributed by atoms with Crippen LogP contribution in [0.5, 0.6) is 0 Å². The Kier molecular flexibility index (Phi) is 5.47. The first kappa shape index (κ1) is 20.6. The number of nitrogens with two attached hydrogens (primary N) is 1. The molecule has 0 unspecified atom stereocenters. The van der Waals surface area contributed by atoms with Gasteiger partial charge in [0, 0.05) is 30.2 Å². The van der Waals surface area contributed by atoms with Crippen LogP contribution < -0.4 is 5.73 Å². The predicted octanol–water partition coefficient (Wildman–Crippen LogP) is 4.34. The molecule has 1 aliphatic carbocycles. The van der Waals surface area contributed by atoms with E-state index in [1.807, 2.05) is 6.08 Å². The highest BCUT2D eigenvalue weighted by molar-refractivity contribution is 7.80. The maximum atomic E-state index is 11.0. The van der Waals surface area contributed by atoms with Crippen LogP contribution in [0.3, 0.4) is 0 Å². The number of benzene rings is 2. The molecule has 31 heavy (non-hydrogen) atoms. The number of nitro groups is 2. The molecule has 0 bridgehead atoms. The summed E-state index contributed by atoms with van der Waals surface area (Å²) in [5.74, 6) is 0.0426. The summed E-state index contributed by atoms with van der Waals surface area (Å²) < 4.78 is 0. The van der Waals surface area contributed by atoms with E-state index in [1.54, 1.807) is 29.3 Å². The normalized spacial score (nSPS) is 21.5. The van der Waals surface area contributed by atoms with Gasteiger partial charge >= 0.3 is 0 Å². The minimum Gasteiger partial charge on any atom is -0.375 e. The van der Waals surface area contributed by atoms with E-state index in [4.69, 9.17) is 23.1 Å². The lowest BCUT2D eigenvalue weighted by Crippen LogP contribution is -2.34. The van der Waals surface area contributed by atoms with E-state index in [9.17, 15) is 20.2 Å². The summed E-state index contributed by atoms with van der Waals surface area (Å²) in [7, 11) is 0. The third-order valence-corrected chi connectivity index (χ3v) is 5.80. The zero-order chi connectivity index (χ0) is 22.1. The number of nitro benzene ring substituents is 2. The van der Waals surface area contributed by atoms with Crippen LogP contribution in [0.15, 0.2) is 59.2 Å². The van der Waals surface area contributed by atoms with Gasteiger partial charge in [0.1, 0.15) is 0 Å². The van der Waals surface area contributed by atoms with Gasteiger partial charge in [-0.1, -0.05) is 12.1 Å². The maximum absolute atomic E-state index is 11.0. The molecule has 2 aliphatic rings. The molecule has 1 saturated carbocycles. The van der Waals surface area contributed by atoms with Gasteiger partial charge in [0.2, 0.25) is 0 Å². The lowest BCUT2D eigenvalue weighted by molar-refractivity contribution is -0.385. The highest BCUT2D eigenvalue weighted by Gasteiger charge is 2.42. The fourth-order valence-electron chi connectivity index (χ4n) is 4.20. The molecule has 0 amide bonds. The standard InChI is InChI=1S/C21H19N5O4S/c22-21(31)24-20(14-6-10-17(11-7-14)26(29)30)18-3-1-2-15(19(18)23-24)12-13-4-8-16(9-5-13)25(27)28/h4-12,18,20H,1-3H2,(H2,22,31)/b15-12+/t18-,20+/m1/s1. The van der Waals surface area contributed by atoms with Crippen LogP contribution in [-0.2, 0) is 0 Å². The van der Waals surface area contributed by atoms with Crippen LogP contribution in [0.4, 0.5) is 11.4 Å². The van der Waals surface area contributed by atoms with E-state index >= 15 is 0 Å². The molecular formula is C21H19N5O4S. The third kappa shape index (κ3) is 4.02. The smallest absolute Gasteiger partial charge is 0.269 e. The first-order valence-electron chi connectivity index (χ1n) is 9.72. The average molecular weight is 437 g/mol. The van der Waals surface area contributed by atoms with Crippen molar-refractivity contribution in [1.82, 2.24) is 5.01 Å². The molecule has 0 spiro atoms. The topological polar surface area (TPSA) is 128 Å². The predicted molar refractivity (Wildman–Crippen MR) is 120 cm³/mol. The second kappa shape index (κ2) is 8.23.